The predicted molar refractivity (Wildman–Crippen MR) is 91.0 cm³/mol. The minimum atomic E-state index is 0.177. The number of para-hydroxylation sites is 1. The second kappa shape index (κ2) is 6.85. The van der Waals surface area contributed by atoms with Gasteiger partial charge >= 0.3 is 0 Å². The summed E-state index contributed by atoms with van der Waals surface area (Å²) >= 11 is 5.16. The molecule has 108 valence electrons. The van der Waals surface area contributed by atoms with Crippen molar-refractivity contribution in [1.82, 2.24) is 5.43 Å². The Balaban J connectivity index is 1.93. The summed E-state index contributed by atoms with van der Waals surface area (Å²) in [6.07, 6.45) is 1.52. The van der Waals surface area contributed by atoms with Crippen LogP contribution < -0.4 is 10.7 Å². The number of hydrogen-bond acceptors (Lipinski definition) is 3. The number of anilines is 1. The summed E-state index contributed by atoms with van der Waals surface area (Å²) in [5.74, 6) is 0.177. The number of aryl methyl sites for hydroxylation is 2. The van der Waals surface area contributed by atoms with Crippen molar-refractivity contribution in [2.24, 2.45) is 5.10 Å². The highest BCUT2D eigenvalue weighted by Gasteiger charge is 1.99. The van der Waals surface area contributed by atoms with Gasteiger partial charge in [-0.05, 0) is 61.5 Å². The van der Waals surface area contributed by atoms with Crippen molar-refractivity contribution >= 4 is 29.2 Å². The summed E-state index contributed by atoms with van der Waals surface area (Å²) in [4.78, 5) is 0. The highest BCUT2D eigenvalue weighted by Crippen LogP contribution is 2.14. The molecule has 2 aromatic rings. The van der Waals surface area contributed by atoms with Crippen LogP contribution in [0.5, 0.6) is 5.75 Å². The van der Waals surface area contributed by atoms with E-state index >= 15 is 0 Å². The predicted octanol–water partition coefficient (Wildman–Crippen LogP) is 3.33. The molecule has 0 aliphatic rings. The standard InChI is InChI=1S/C16H17N3OS/c1-11-7-8-14(9-12(11)2)18-16(21)19-17-10-13-5-3-4-6-15(13)20/h3-10,20H,1-2H3,(H2,18,19,21)/b17-10+. The van der Waals surface area contributed by atoms with Crippen LogP contribution in [0.4, 0.5) is 5.69 Å². The molecule has 0 saturated heterocycles. The lowest BCUT2D eigenvalue weighted by Gasteiger charge is -2.09. The number of hydrazone groups is 1. The number of phenols is 1. The van der Waals surface area contributed by atoms with Crippen molar-refractivity contribution in [3.63, 3.8) is 0 Å². The van der Waals surface area contributed by atoms with E-state index in [4.69, 9.17) is 12.2 Å². The average Bonchev–Trinajstić information content (AvgIpc) is 2.45. The van der Waals surface area contributed by atoms with E-state index in [2.05, 4.69) is 22.8 Å². The van der Waals surface area contributed by atoms with Gasteiger partial charge in [0.2, 0.25) is 0 Å². The smallest absolute Gasteiger partial charge is 0.191 e. The maximum atomic E-state index is 9.60. The molecule has 0 fully saturated rings. The van der Waals surface area contributed by atoms with E-state index in [1.807, 2.05) is 31.2 Å². The normalized spacial score (nSPS) is 10.6. The molecule has 0 aromatic heterocycles. The lowest BCUT2D eigenvalue weighted by Crippen LogP contribution is -2.23. The molecule has 0 saturated carbocycles. The Morgan fingerprint density at radius 1 is 1.14 bits per heavy atom. The van der Waals surface area contributed by atoms with Gasteiger partial charge in [0, 0.05) is 11.3 Å². The van der Waals surface area contributed by atoms with Crippen molar-refractivity contribution in [3.05, 3.63) is 59.2 Å². The highest BCUT2D eigenvalue weighted by atomic mass is 32.1. The van der Waals surface area contributed by atoms with Crippen LogP contribution in [0, 0.1) is 13.8 Å². The molecule has 0 unspecified atom stereocenters. The lowest BCUT2D eigenvalue weighted by molar-refractivity contribution is 0.474. The summed E-state index contributed by atoms with van der Waals surface area (Å²) < 4.78 is 0. The minimum Gasteiger partial charge on any atom is -0.507 e. The molecule has 0 heterocycles. The Hall–Kier alpha value is -2.40. The van der Waals surface area contributed by atoms with E-state index in [9.17, 15) is 5.11 Å². The van der Waals surface area contributed by atoms with E-state index in [-0.39, 0.29) is 5.75 Å². The van der Waals surface area contributed by atoms with Gasteiger partial charge < -0.3 is 10.4 Å². The molecule has 5 heteroatoms. The van der Waals surface area contributed by atoms with Gasteiger partial charge in [0.05, 0.1) is 6.21 Å². The molecule has 0 atom stereocenters. The van der Waals surface area contributed by atoms with Gasteiger partial charge in [0.1, 0.15) is 5.75 Å². The molecular weight excluding hydrogens is 282 g/mol. The van der Waals surface area contributed by atoms with E-state index in [0.29, 0.717) is 10.7 Å². The quantitative estimate of drug-likeness (QED) is 0.462. The lowest BCUT2D eigenvalue weighted by atomic mass is 10.1. The van der Waals surface area contributed by atoms with Gasteiger partial charge in [-0.1, -0.05) is 18.2 Å². The molecular formula is C16H17N3OS. The van der Waals surface area contributed by atoms with Gasteiger partial charge in [-0.2, -0.15) is 5.10 Å². The summed E-state index contributed by atoms with van der Waals surface area (Å²) in [6, 6.07) is 13.0. The topological polar surface area (TPSA) is 56.7 Å². The zero-order chi connectivity index (χ0) is 15.2. The molecule has 0 amide bonds. The third-order valence-electron chi connectivity index (χ3n) is 3.07. The van der Waals surface area contributed by atoms with Crippen LogP contribution in [-0.2, 0) is 0 Å². The van der Waals surface area contributed by atoms with E-state index in [1.165, 1.54) is 17.3 Å². The molecule has 3 N–H and O–H groups in total. The number of benzene rings is 2. The first kappa shape index (κ1) is 15.0. The maximum Gasteiger partial charge on any atom is 0.191 e. The van der Waals surface area contributed by atoms with Crippen LogP contribution in [0.15, 0.2) is 47.6 Å². The highest BCUT2D eigenvalue weighted by molar-refractivity contribution is 7.80. The Kier molecular flexibility index (Phi) is 4.90. The van der Waals surface area contributed by atoms with Crippen molar-refractivity contribution in [1.29, 1.82) is 0 Å². The first-order valence-corrected chi connectivity index (χ1v) is 6.92. The van der Waals surface area contributed by atoms with Crippen LogP contribution >= 0.6 is 12.2 Å². The second-order valence-corrected chi connectivity index (χ2v) is 5.09. The average molecular weight is 299 g/mol. The molecule has 4 nitrogen and oxygen atoms in total. The fraction of sp³-hybridized carbons (Fsp3) is 0.125. The fourth-order valence-corrected chi connectivity index (χ4v) is 1.91. The van der Waals surface area contributed by atoms with Gasteiger partial charge in [-0.25, -0.2) is 0 Å². The van der Waals surface area contributed by atoms with Crippen LogP contribution in [0.1, 0.15) is 16.7 Å². The van der Waals surface area contributed by atoms with E-state index < -0.39 is 0 Å². The number of rotatable bonds is 3. The van der Waals surface area contributed by atoms with Crippen molar-refractivity contribution < 1.29 is 5.11 Å². The van der Waals surface area contributed by atoms with Gasteiger partial charge in [0.25, 0.3) is 0 Å². The first-order valence-electron chi connectivity index (χ1n) is 6.51. The van der Waals surface area contributed by atoms with Crippen LogP contribution in [-0.4, -0.2) is 16.4 Å². The number of nitrogens with one attached hydrogen (secondary N) is 2. The van der Waals surface area contributed by atoms with Crippen molar-refractivity contribution in [3.8, 4) is 5.75 Å². The number of aromatic hydroxyl groups is 1. The Bertz CT molecular complexity index is 683. The summed E-state index contributed by atoms with van der Waals surface area (Å²) in [5, 5.41) is 17.0. The van der Waals surface area contributed by atoms with Gasteiger partial charge in [0.15, 0.2) is 5.11 Å². The molecule has 0 radical (unpaired) electrons. The second-order valence-electron chi connectivity index (χ2n) is 4.68. The summed E-state index contributed by atoms with van der Waals surface area (Å²) in [5.41, 5.74) is 6.68. The number of thiocarbonyl (C=S) groups is 1. The van der Waals surface area contributed by atoms with E-state index in [1.54, 1.807) is 18.2 Å². The monoisotopic (exact) mass is 299 g/mol. The van der Waals surface area contributed by atoms with E-state index in [0.717, 1.165) is 5.69 Å². The van der Waals surface area contributed by atoms with Crippen LogP contribution in [0.3, 0.4) is 0 Å². The van der Waals surface area contributed by atoms with Gasteiger partial charge in [-0.3, -0.25) is 5.43 Å². The van der Waals surface area contributed by atoms with Crippen molar-refractivity contribution in [2.45, 2.75) is 13.8 Å². The number of phenolic OH excluding ortho intramolecular Hbond substituents is 1. The largest absolute Gasteiger partial charge is 0.507 e. The zero-order valence-corrected chi connectivity index (χ0v) is 12.7. The van der Waals surface area contributed by atoms with Crippen LogP contribution in [0.2, 0.25) is 0 Å². The third kappa shape index (κ3) is 4.29. The molecule has 0 aliphatic carbocycles. The third-order valence-corrected chi connectivity index (χ3v) is 3.26. The zero-order valence-electron chi connectivity index (χ0n) is 11.9. The molecule has 0 spiro atoms. The van der Waals surface area contributed by atoms with Crippen molar-refractivity contribution in [2.75, 3.05) is 5.32 Å². The first-order chi connectivity index (χ1) is 10.1. The molecule has 2 rings (SSSR count). The summed E-state index contributed by atoms with van der Waals surface area (Å²) in [7, 11) is 0. The summed E-state index contributed by atoms with van der Waals surface area (Å²) in [6.45, 7) is 4.11. The SMILES string of the molecule is Cc1ccc(NC(=S)N/N=C/c2ccccc2O)cc1C. The molecule has 2 aromatic carbocycles. The molecule has 0 aliphatic heterocycles. The fourth-order valence-electron chi connectivity index (χ4n) is 1.74. The maximum absolute atomic E-state index is 9.60. The van der Waals surface area contributed by atoms with Gasteiger partial charge in [-0.15, -0.1) is 0 Å². The Morgan fingerprint density at radius 2 is 1.90 bits per heavy atom. The number of nitrogens with zero attached hydrogens (tertiary/aromatic N) is 1. The molecule has 0 bridgehead atoms. The molecule has 21 heavy (non-hydrogen) atoms. The Labute approximate surface area is 129 Å². The Morgan fingerprint density at radius 3 is 2.62 bits per heavy atom. The minimum absolute atomic E-state index is 0.177. The van der Waals surface area contributed by atoms with Crippen LogP contribution in [0.25, 0.3) is 0 Å². The number of hydrogen-bond donors (Lipinski definition) is 3.